The fraction of sp³-hybridized carbons (Fsp3) is 0.400. The second kappa shape index (κ2) is 6.91. The topological polar surface area (TPSA) is 12.0 Å². The molecule has 0 aliphatic rings. The molecule has 21 heavy (non-hydrogen) atoms. The van der Waals surface area contributed by atoms with Gasteiger partial charge < -0.3 is 5.32 Å². The molecule has 0 aliphatic heterocycles. The molecule has 1 unspecified atom stereocenters. The van der Waals surface area contributed by atoms with Crippen LogP contribution in [-0.2, 0) is 6.42 Å². The van der Waals surface area contributed by atoms with Crippen molar-refractivity contribution in [2.45, 2.75) is 47.1 Å². The van der Waals surface area contributed by atoms with Crippen molar-refractivity contribution in [1.82, 2.24) is 5.32 Å². The van der Waals surface area contributed by atoms with Crippen molar-refractivity contribution in [2.75, 3.05) is 6.54 Å². The van der Waals surface area contributed by atoms with Gasteiger partial charge in [0.1, 0.15) is 0 Å². The highest BCUT2D eigenvalue weighted by molar-refractivity contribution is 5.39. The van der Waals surface area contributed by atoms with Crippen LogP contribution in [0, 0.1) is 27.7 Å². The summed E-state index contributed by atoms with van der Waals surface area (Å²) in [7, 11) is 0. The van der Waals surface area contributed by atoms with Crippen molar-refractivity contribution in [3.63, 3.8) is 0 Å². The Morgan fingerprint density at radius 1 is 0.905 bits per heavy atom. The summed E-state index contributed by atoms with van der Waals surface area (Å²) in [5, 5.41) is 3.64. The molecule has 1 N–H and O–H groups in total. The molecule has 2 rings (SSSR count). The molecule has 0 fully saturated rings. The molecule has 2 aromatic rings. The van der Waals surface area contributed by atoms with Crippen molar-refractivity contribution >= 4 is 0 Å². The Labute approximate surface area is 129 Å². The molecule has 0 spiro atoms. The molecule has 0 aliphatic carbocycles. The highest BCUT2D eigenvalue weighted by atomic mass is 14.9. The van der Waals surface area contributed by atoms with Crippen molar-refractivity contribution in [2.24, 2.45) is 0 Å². The average Bonchev–Trinajstić information content (AvgIpc) is 2.41. The van der Waals surface area contributed by atoms with Gasteiger partial charge in [-0.05, 0) is 62.9 Å². The molecule has 0 saturated heterocycles. The van der Waals surface area contributed by atoms with Gasteiger partial charge in [0.15, 0.2) is 0 Å². The van der Waals surface area contributed by atoms with Gasteiger partial charge in [-0.25, -0.2) is 0 Å². The van der Waals surface area contributed by atoms with E-state index < -0.39 is 0 Å². The summed E-state index contributed by atoms with van der Waals surface area (Å²) in [4.78, 5) is 0. The standard InChI is InChI=1S/C20H27N/c1-6-21-20(18-9-7-8-14(2)12-18)13-19-16(4)10-15(3)11-17(19)5/h7-12,20-21H,6,13H2,1-5H3. The third-order valence-electron chi connectivity index (χ3n) is 4.14. The minimum absolute atomic E-state index is 0.384. The fourth-order valence-corrected chi connectivity index (χ4v) is 3.18. The highest BCUT2D eigenvalue weighted by Gasteiger charge is 2.14. The Hall–Kier alpha value is -1.60. The number of aryl methyl sites for hydroxylation is 4. The van der Waals surface area contributed by atoms with Crippen LogP contribution < -0.4 is 5.32 Å². The van der Waals surface area contributed by atoms with E-state index in [2.05, 4.69) is 76.3 Å². The maximum atomic E-state index is 3.64. The lowest BCUT2D eigenvalue weighted by Gasteiger charge is -2.22. The molecule has 0 heterocycles. The van der Waals surface area contributed by atoms with Crippen LogP contribution in [0.15, 0.2) is 36.4 Å². The van der Waals surface area contributed by atoms with Crippen molar-refractivity contribution in [3.05, 3.63) is 69.8 Å². The van der Waals surface area contributed by atoms with Gasteiger partial charge in [-0.3, -0.25) is 0 Å². The van der Waals surface area contributed by atoms with Crippen LogP contribution >= 0.6 is 0 Å². The molecule has 1 atom stereocenters. The summed E-state index contributed by atoms with van der Waals surface area (Å²) in [6.45, 7) is 12.0. The average molecular weight is 281 g/mol. The van der Waals surface area contributed by atoms with Gasteiger partial charge in [-0.1, -0.05) is 54.4 Å². The molecule has 1 heteroatoms. The van der Waals surface area contributed by atoms with Crippen molar-refractivity contribution < 1.29 is 0 Å². The third-order valence-corrected chi connectivity index (χ3v) is 4.14. The summed E-state index contributed by atoms with van der Waals surface area (Å²) in [5.41, 5.74) is 8.35. The largest absolute Gasteiger partial charge is 0.310 e. The zero-order valence-corrected chi connectivity index (χ0v) is 14.0. The predicted octanol–water partition coefficient (Wildman–Crippen LogP) is 4.81. The zero-order valence-electron chi connectivity index (χ0n) is 14.0. The number of nitrogens with one attached hydrogen (secondary N) is 1. The van der Waals surface area contributed by atoms with Crippen LogP contribution in [0.1, 0.15) is 46.3 Å². The molecule has 0 saturated carbocycles. The van der Waals surface area contributed by atoms with Crippen LogP contribution in [0.25, 0.3) is 0 Å². The van der Waals surface area contributed by atoms with Crippen LogP contribution in [0.2, 0.25) is 0 Å². The van der Waals surface area contributed by atoms with Gasteiger partial charge in [0, 0.05) is 6.04 Å². The highest BCUT2D eigenvalue weighted by Crippen LogP contribution is 2.24. The van der Waals surface area contributed by atoms with Gasteiger partial charge in [0.25, 0.3) is 0 Å². The van der Waals surface area contributed by atoms with Crippen molar-refractivity contribution in [3.8, 4) is 0 Å². The van der Waals surface area contributed by atoms with Crippen LogP contribution in [0.4, 0.5) is 0 Å². The Morgan fingerprint density at radius 3 is 2.14 bits per heavy atom. The van der Waals surface area contributed by atoms with E-state index in [4.69, 9.17) is 0 Å². The van der Waals surface area contributed by atoms with Gasteiger partial charge in [0.2, 0.25) is 0 Å². The second-order valence-corrected chi connectivity index (χ2v) is 6.11. The lowest BCUT2D eigenvalue weighted by Crippen LogP contribution is -2.23. The molecular formula is C20H27N. The quantitative estimate of drug-likeness (QED) is 0.829. The number of likely N-dealkylation sites (N-methyl/N-ethyl adjacent to an activating group) is 1. The predicted molar refractivity (Wildman–Crippen MR) is 92.0 cm³/mol. The zero-order chi connectivity index (χ0) is 15.4. The first-order valence-electron chi connectivity index (χ1n) is 7.88. The summed E-state index contributed by atoms with van der Waals surface area (Å²) >= 11 is 0. The van der Waals surface area contributed by atoms with E-state index in [1.165, 1.54) is 33.4 Å². The molecule has 0 aromatic heterocycles. The van der Waals surface area contributed by atoms with Gasteiger partial charge in [-0.2, -0.15) is 0 Å². The third kappa shape index (κ3) is 3.95. The maximum absolute atomic E-state index is 3.64. The first-order chi connectivity index (χ1) is 10.0. The number of hydrogen-bond donors (Lipinski definition) is 1. The van der Waals surface area contributed by atoms with Gasteiger partial charge >= 0.3 is 0 Å². The smallest absolute Gasteiger partial charge is 0.0361 e. The number of rotatable bonds is 5. The minimum atomic E-state index is 0.384. The fourth-order valence-electron chi connectivity index (χ4n) is 3.18. The maximum Gasteiger partial charge on any atom is 0.0361 e. The Kier molecular flexibility index (Phi) is 5.19. The van der Waals surface area contributed by atoms with Crippen LogP contribution in [0.5, 0.6) is 0 Å². The lowest BCUT2D eigenvalue weighted by molar-refractivity contribution is 0.547. The SMILES string of the molecule is CCNC(Cc1c(C)cc(C)cc1C)c1cccc(C)c1. The molecule has 112 valence electrons. The number of benzene rings is 2. The van der Waals surface area contributed by atoms with E-state index >= 15 is 0 Å². The van der Waals surface area contributed by atoms with E-state index in [0.29, 0.717) is 6.04 Å². The van der Waals surface area contributed by atoms with E-state index in [1.54, 1.807) is 0 Å². The first kappa shape index (κ1) is 15.8. The molecular weight excluding hydrogens is 254 g/mol. The Bertz CT molecular complexity index is 590. The van der Waals surface area contributed by atoms with Gasteiger partial charge in [0.05, 0.1) is 0 Å². The summed E-state index contributed by atoms with van der Waals surface area (Å²) in [6, 6.07) is 13.8. The Morgan fingerprint density at radius 2 is 1.57 bits per heavy atom. The molecule has 0 radical (unpaired) electrons. The summed E-state index contributed by atoms with van der Waals surface area (Å²) in [6.07, 6.45) is 1.05. The summed E-state index contributed by atoms with van der Waals surface area (Å²) in [5.74, 6) is 0. The first-order valence-corrected chi connectivity index (χ1v) is 7.88. The normalized spacial score (nSPS) is 12.4. The lowest BCUT2D eigenvalue weighted by atomic mass is 9.91. The monoisotopic (exact) mass is 281 g/mol. The van der Waals surface area contributed by atoms with Crippen LogP contribution in [0.3, 0.4) is 0 Å². The second-order valence-electron chi connectivity index (χ2n) is 6.11. The van der Waals surface area contributed by atoms with E-state index in [1.807, 2.05) is 0 Å². The molecule has 2 aromatic carbocycles. The summed E-state index contributed by atoms with van der Waals surface area (Å²) < 4.78 is 0. The minimum Gasteiger partial charge on any atom is -0.310 e. The van der Waals surface area contributed by atoms with Gasteiger partial charge in [-0.15, -0.1) is 0 Å². The van der Waals surface area contributed by atoms with Crippen LogP contribution in [-0.4, -0.2) is 6.54 Å². The molecule has 1 nitrogen and oxygen atoms in total. The van der Waals surface area contributed by atoms with E-state index in [0.717, 1.165) is 13.0 Å². The van der Waals surface area contributed by atoms with E-state index in [9.17, 15) is 0 Å². The molecule has 0 amide bonds. The van der Waals surface area contributed by atoms with Crippen molar-refractivity contribution in [1.29, 1.82) is 0 Å². The number of hydrogen-bond acceptors (Lipinski definition) is 1. The molecule has 0 bridgehead atoms. The Balaban J connectivity index is 2.33. The van der Waals surface area contributed by atoms with E-state index in [-0.39, 0.29) is 0 Å².